The van der Waals surface area contributed by atoms with E-state index in [-0.39, 0.29) is 6.41 Å². The second-order valence-electron chi connectivity index (χ2n) is 4.08. The van der Waals surface area contributed by atoms with Gasteiger partial charge in [-0.3, -0.25) is 9.69 Å². The fourth-order valence-corrected chi connectivity index (χ4v) is 1.58. The van der Waals surface area contributed by atoms with Gasteiger partial charge in [0, 0.05) is 6.54 Å². The minimum Gasteiger partial charge on any atom is -0.374 e. The van der Waals surface area contributed by atoms with E-state index in [1.165, 1.54) is 4.90 Å². The zero-order valence-electron chi connectivity index (χ0n) is 10.5. The Morgan fingerprint density at radius 3 is 2.37 bits per heavy atom. The standard InChI is InChI=1S/C12H17N3O4/c1-14(7-9-5-3-2-4-6-9)10(17)11(18)15(8-16)12(13)19/h2-6,8,10-11,17-18H,7H2,1H3,(H2,13,19). The molecule has 0 aromatic heterocycles. The topological polar surface area (TPSA) is 107 Å². The molecular weight excluding hydrogens is 250 g/mol. The van der Waals surface area contributed by atoms with Crippen LogP contribution in [0.4, 0.5) is 4.79 Å². The third-order valence-electron chi connectivity index (χ3n) is 2.65. The molecule has 0 heterocycles. The average Bonchev–Trinajstić information content (AvgIpc) is 2.39. The summed E-state index contributed by atoms with van der Waals surface area (Å²) in [6.45, 7) is 0.338. The SMILES string of the molecule is CN(Cc1ccccc1)C(O)C(O)N(C=O)C(N)=O. The van der Waals surface area contributed by atoms with Gasteiger partial charge in [0.15, 0.2) is 12.5 Å². The van der Waals surface area contributed by atoms with Crippen molar-refractivity contribution in [2.24, 2.45) is 5.73 Å². The fourth-order valence-electron chi connectivity index (χ4n) is 1.58. The lowest BCUT2D eigenvalue weighted by atomic mass is 10.2. The number of amides is 3. The van der Waals surface area contributed by atoms with Gasteiger partial charge in [0.05, 0.1) is 0 Å². The summed E-state index contributed by atoms with van der Waals surface area (Å²) in [5.74, 6) is 0. The van der Waals surface area contributed by atoms with Crippen molar-refractivity contribution in [2.75, 3.05) is 7.05 Å². The van der Waals surface area contributed by atoms with Crippen molar-refractivity contribution < 1.29 is 19.8 Å². The molecule has 4 N–H and O–H groups in total. The van der Waals surface area contributed by atoms with E-state index in [9.17, 15) is 19.8 Å². The number of primary amides is 1. The van der Waals surface area contributed by atoms with Crippen molar-refractivity contribution in [3.8, 4) is 0 Å². The largest absolute Gasteiger partial charge is 0.374 e. The van der Waals surface area contributed by atoms with Crippen molar-refractivity contribution >= 4 is 12.4 Å². The Balaban J connectivity index is 2.68. The Morgan fingerprint density at radius 2 is 1.89 bits per heavy atom. The maximum absolute atomic E-state index is 10.9. The Morgan fingerprint density at radius 1 is 1.32 bits per heavy atom. The van der Waals surface area contributed by atoms with Gasteiger partial charge in [-0.15, -0.1) is 0 Å². The molecule has 1 aromatic rings. The molecule has 7 nitrogen and oxygen atoms in total. The van der Waals surface area contributed by atoms with Crippen LogP contribution in [0.2, 0.25) is 0 Å². The van der Waals surface area contributed by atoms with Crippen molar-refractivity contribution in [3.05, 3.63) is 35.9 Å². The van der Waals surface area contributed by atoms with Crippen LogP contribution in [-0.4, -0.2) is 52.0 Å². The number of hydrogen-bond donors (Lipinski definition) is 3. The van der Waals surface area contributed by atoms with Crippen molar-refractivity contribution in [3.63, 3.8) is 0 Å². The van der Waals surface area contributed by atoms with Gasteiger partial charge in [0.2, 0.25) is 6.41 Å². The molecule has 0 aliphatic rings. The van der Waals surface area contributed by atoms with Crippen molar-refractivity contribution in [1.82, 2.24) is 9.80 Å². The van der Waals surface area contributed by atoms with Gasteiger partial charge in [-0.05, 0) is 12.6 Å². The molecule has 0 aliphatic carbocycles. The van der Waals surface area contributed by atoms with E-state index in [1.807, 2.05) is 30.3 Å². The minimum absolute atomic E-state index is 0.0760. The van der Waals surface area contributed by atoms with Crippen LogP contribution in [0.1, 0.15) is 5.56 Å². The summed E-state index contributed by atoms with van der Waals surface area (Å²) >= 11 is 0. The lowest BCUT2D eigenvalue weighted by Crippen LogP contribution is -2.53. The first-order chi connectivity index (χ1) is 8.97. The average molecular weight is 267 g/mol. The van der Waals surface area contributed by atoms with Gasteiger partial charge in [0.1, 0.15) is 0 Å². The van der Waals surface area contributed by atoms with Crippen LogP contribution < -0.4 is 5.73 Å². The molecule has 0 aliphatic heterocycles. The molecule has 1 rings (SSSR count). The zero-order chi connectivity index (χ0) is 14.4. The summed E-state index contributed by atoms with van der Waals surface area (Å²) in [6.07, 6.45) is -3.08. The molecule has 3 amide bonds. The van der Waals surface area contributed by atoms with Crippen LogP contribution in [0.25, 0.3) is 0 Å². The Kier molecular flexibility index (Phi) is 5.43. The van der Waals surface area contributed by atoms with E-state index in [4.69, 9.17) is 5.73 Å². The van der Waals surface area contributed by atoms with E-state index in [0.29, 0.717) is 11.4 Å². The highest BCUT2D eigenvalue weighted by atomic mass is 16.4. The molecule has 2 atom stereocenters. The number of urea groups is 1. The predicted molar refractivity (Wildman–Crippen MR) is 67.4 cm³/mol. The normalized spacial score (nSPS) is 13.9. The van der Waals surface area contributed by atoms with Gasteiger partial charge in [0.25, 0.3) is 0 Å². The summed E-state index contributed by atoms with van der Waals surface area (Å²) in [4.78, 5) is 23.2. The third-order valence-corrected chi connectivity index (χ3v) is 2.65. The van der Waals surface area contributed by atoms with Crippen LogP contribution in [-0.2, 0) is 11.3 Å². The molecule has 19 heavy (non-hydrogen) atoms. The van der Waals surface area contributed by atoms with E-state index in [0.717, 1.165) is 5.56 Å². The number of imide groups is 1. The smallest absolute Gasteiger partial charge is 0.323 e. The van der Waals surface area contributed by atoms with Gasteiger partial charge in [-0.2, -0.15) is 0 Å². The summed E-state index contributed by atoms with van der Waals surface area (Å²) < 4.78 is 0. The maximum atomic E-state index is 10.9. The van der Waals surface area contributed by atoms with Gasteiger partial charge in [-0.1, -0.05) is 30.3 Å². The zero-order valence-corrected chi connectivity index (χ0v) is 10.5. The molecule has 0 saturated carbocycles. The monoisotopic (exact) mass is 267 g/mol. The second kappa shape index (κ2) is 6.83. The number of likely N-dealkylation sites (N-methyl/N-ethyl adjacent to an activating group) is 1. The number of aliphatic hydroxyl groups excluding tert-OH is 2. The Bertz CT molecular complexity index is 426. The Hall–Kier alpha value is -1.96. The quantitative estimate of drug-likeness (QED) is 0.466. The molecule has 0 radical (unpaired) electrons. The molecule has 7 heteroatoms. The lowest BCUT2D eigenvalue weighted by Gasteiger charge is -2.31. The molecule has 1 aromatic carbocycles. The first-order valence-electron chi connectivity index (χ1n) is 5.60. The van der Waals surface area contributed by atoms with Crippen LogP contribution in [0, 0.1) is 0 Å². The first kappa shape index (κ1) is 15.1. The number of carbonyl (C=O) groups excluding carboxylic acids is 2. The minimum atomic E-state index is -1.72. The number of rotatable bonds is 6. The van der Waals surface area contributed by atoms with Gasteiger partial charge < -0.3 is 15.9 Å². The van der Waals surface area contributed by atoms with Gasteiger partial charge >= 0.3 is 6.03 Å². The fraction of sp³-hybridized carbons (Fsp3) is 0.333. The molecule has 104 valence electrons. The third kappa shape index (κ3) is 4.02. The Labute approximate surface area is 110 Å². The highest BCUT2D eigenvalue weighted by molar-refractivity contribution is 5.83. The first-order valence-corrected chi connectivity index (χ1v) is 5.60. The van der Waals surface area contributed by atoms with E-state index in [1.54, 1.807) is 7.05 Å². The maximum Gasteiger partial charge on any atom is 0.323 e. The van der Waals surface area contributed by atoms with Crippen molar-refractivity contribution in [1.29, 1.82) is 0 Å². The van der Waals surface area contributed by atoms with Crippen LogP contribution in [0.15, 0.2) is 30.3 Å². The molecule has 0 fully saturated rings. The van der Waals surface area contributed by atoms with Crippen LogP contribution >= 0.6 is 0 Å². The number of carbonyl (C=O) groups is 2. The van der Waals surface area contributed by atoms with Gasteiger partial charge in [-0.25, -0.2) is 9.69 Å². The van der Waals surface area contributed by atoms with Crippen molar-refractivity contribution in [2.45, 2.75) is 19.0 Å². The highest BCUT2D eigenvalue weighted by Crippen LogP contribution is 2.09. The molecule has 2 unspecified atom stereocenters. The van der Waals surface area contributed by atoms with E-state index in [2.05, 4.69) is 0 Å². The number of hydrogen-bond acceptors (Lipinski definition) is 5. The van der Waals surface area contributed by atoms with Crippen LogP contribution in [0.5, 0.6) is 0 Å². The molecule has 0 saturated heterocycles. The number of benzene rings is 1. The summed E-state index contributed by atoms with van der Waals surface area (Å²) in [5.41, 5.74) is 5.81. The number of aliphatic hydroxyl groups is 2. The predicted octanol–water partition coefficient (Wildman–Crippen LogP) is -0.708. The lowest BCUT2D eigenvalue weighted by molar-refractivity contribution is -0.146. The van der Waals surface area contributed by atoms with E-state index < -0.39 is 18.5 Å². The summed E-state index contributed by atoms with van der Waals surface area (Å²) in [6, 6.07) is 8.10. The summed E-state index contributed by atoms with van der Waals surface area (Å²) in [7, 11) is 1.55. The number of nitrogens with two attached hydrogens (primary N) is 1. The van der Waals surface area contributed by atoms with Crippen LogP contribution in [0.3, 0.4) is 0 Å². The molecule has 0 bridgehead atoms. The van der Waals surface area contributed by atoms with E-state index >= 15 is 0 Å². The summed E-state index contributed by atoms with van der Waals surface area (Å²) in [5, 5.41) is 19.6. The molecule has 0 spiro atoms. The second-order valence-corrected chi connectivity index (χ2v) is 4.08. The molecular formula is C12H17N3O4. The highest BCUT2D eigenvalue weighted by Gasteiger charge is 2.29. The number of nitrogens with zero attached hydrogens (tertiary/aromatic N) is 2.